The van der Waals surface area contributed by atoms with Gasteiger partial charge in [0, 0.05) is 18.7 Å². The average molecular weight is 358 g/mol. The van der Waals surface area contributed by atoms with Crippen molar-refractivity contribution in [3.63, 3.8) is 0 Å². The van der Waals surface area contributed by atoms with Crippen LogP contribution in [-0.4, -0.2) is 41.6 Å². The Morgan fingerprint density at radius 2 is 1.77 bits per heavy atom. The van der Waals surface area contributed by atoms with E-state index < -0.39 is 5.60 Å². The molecule has 1 spiro atoms. The molecule has 1 saturated heterocycles. The van der Waals surface area contributed by atoms with E-state index in [0.717, 1.165) is 19.3 Å². The predicted octanol–water partition coefficient (Wildman–Crippen LogP) is 3.99. The number of benzene rings is 1. The summed E-state index contributed by atoms with van der Waals surface area (Å²) in [5, 5.41) is 3.23. The zero-order chi connectivity index (χ0) is 18.8. The van der Waals surface area contributed by atoms with Crippen LogP contribution in [-0.2, 0) is 4.74 Å². The van der Waals surface area contributed by atoms with Gasteiger partial charge in [-0.15, -0.1) is 0 Å². The third-order valence-corrected chi connectivity index (χ3v) is 5.61. The van der Waals surface area contributed by atoms with Crippen molar-refractivity contribution in [1.82, 2.24) is 10.2 Å². The van der Waals surface area contributed by atoms with Crippen LogP contribution in [0.25, 0.3) is 0 Å². The SMILES string of the molecule is CC(C)(C)OC(=O)N1CCC2(CCCC2)C(NC(=O)c2ccccc2)C1. The fraction of sp³-hybridized carbons (Fsp3) is 0.619. The van der Waals surface area contributed by atoms with Crippen molar-refractivity contribution in [2.45, 2.75) is 64.5 Å². The first kappa shape index (κ1) is 18.7. The van der Waals surface area contributed by atoms with Crippen LogP contribution in [0.4, 0.5) is 4.79 Å². The largest absolute Gasteiger partial charge is 0.444 e. The molecule has 1 aliphatic heterocycles. The minimum atomic E-state index is -0.512. The van der Waals surface area contributed by atoms with E-state index in [1.54, 1.807) is 4.90 Å². The highest BCUT2D eigenvalue weighted by Gasteiger charge is 2.46. The predicted molar refractivity (Wildman–Crippen MR) is 101 cm³/mol. The van der Waals surface area contributed by atoms with E-state index in [1.807, 2.05) is 51.1 Å². The van der Waals surface area contributed by atoms with Gasteiger partial charge in [-0.25, -0.2) is 4.79 Å². The number of piperidine rings is 1. The lowest BCUT2D eigenvalue weighted by Crippen LogP contribution is -2.59. The lowest BCUT2D eigenvalue weighted by Gasteiger charge is -2.46. The Hall–Kier alpha value is -2.04. The summed E-state index contributed by atoms with van der Waals surface area (Å²) in [6.07, 6.45) is 5.27. The van der Waals surface area contributed by atoms with Crippen molar-refractivity contribution in [3.05, 3.63) is 35.9 Å². The molecule has 0 radical (unpaired) electrons. The molecule has 26 heavy (non-hydrogen) atoms. The molecule has 142 valence electrons. The molecule has 0 aromatic heterocycles. The molecule has 1 unspecified atom stereocenters. The summed E-state index contributed by atoms with van der Waals surface area (Å²) < 4.78 is 5.54. The highest BCUT2D eigenvalue weighted by Crippen LogP contribution is 2.46. The number of nitrogens with one attached hydrogen (secondary N) is 1. The van der Waals surface area contributed by atoms with Gasteiger partial charge in [-0.3, -0.25) is 4.79 Å². The Morgan fingerprint density at radius 3 is 2.38 bits per heavy atom. The topological polar surface area (TPSA) is 58.6 Å². The number of nitrogens with zero attached hydrogens (tertiary/aromatic N) is 1. The second-order valence-corrected chi connectivity index (χ2v) is 8.64. The van der Waals surface area contributed by atoms with Crippen LogP contribution in [0, 0.1) is 5.41 Å². The lowest BCUT2D eigenvalue weighted by atomic mass is 9.73. The van der Waals surface area contributed by atoms with Crippen molar-refractivity contribution in [3.8, 4) is 0 Å². The summed E-state index contributed by atoms with van der Waals surface area (Å²) in [6.45, 7) is 6.85. The zero-order valence-corrected chi connectivity index (χ0v) is 16.1. The Morgan fingerprint density at radius 1 is 1.12 bits per heavy atom. The first-order valence-corrected chi connectivity index (χ1v) is 9.63. The molecule has 5 nitrogen and oxygen atoms in total. The molecular weight excluding hydrogens is 328 g/mol. The molecule has 1 heterocycles. The number of rotatable bonds is 2. The smallest absolute Gasteiger partial charge is 0.410 e. The molecule has 1 N–H and O–H groups in total. The third-order valence-electron chi connectivity index (χ3n) is 5.61. The van der Waals surface area contributed by atoms with E-state index in [9.17, 15) is 9.59 Å². The number of amides is 2. The van der Waals surface area contributed by atoms with E-state index in [4.69, 9.17) is 4.74 Å². The lowest BCUT2D eigenvalue weighted by molar-refractivity contribution is 0.00111. The summed E-state index contributed by atoms with van der Waals surface area (Å²) in [6, 6.07) is 9.26. The minimum Gasteiger partial charge on any atom is -0.444 e. The second-order valence-electron chi connectivity index (χ2n) is 8.64. The van der Waals surface area contributed by atoms with Crippen LogP contribution in [0.3, 0.4) is 0 Å². The fourth-order valence-corrected chi connectivity index (χ4v) is 4.24. The maximum absolute atomic E-state index is 12.7. The number of ether oxygens (including phenoxy) is 1. The molecule has 0 bridgehead atoms. The van der Waals surface area contributed by atoms with E-state index in [2.05, 4.69) is 5.32 Å². The Kier molecular flexibility index (Phi) is 5.26. The van der Waals surface area contributed by atoms with Crippen molar-refractivity contribution in [2.75, 3.05) is 13.1 Å². The normalized spacial score (nSPS) is 22.3. The number of carbonyl (C=O) groups is 2. The van der Waals surface area contributed by atoms with E-state index in [1.165, 1.54) is 12.8 Å². The maximum Gasteiger partial charge on any atom is 0.410 e. The number of likely N-dealkylation sites (tertiary alicyclic amines) is 1. The van der Waals surface area contributed by atoms with Gasteiger partial charge >= 0.3 is 6.09 Å². The highest BCUT2D eigenvalue weighted by molar-refractivity contribution is 5.94. The Labute approximate surface area is 156 Å². The van der Waals surface area contributed by atoms with Gasteiger partial charge in [0.15, 0.2) is 0 Å². The van der Waals surface area contributed by atoms with E-state index in [0.29, 0.717) is 18.7 Å². The van der Waals surface area contributed by atoms with Crippen LogP contribution < -0.4 is 5.32 Å². The summed E-state index contributed by atoms with van der Waals surface area (Å²) >= 11 is 0. The molecule has 1 atom stereocenters. The molecule has 1 aromatic rings. The van der Waals surface area contributed by atoms with Crippen LogP contribution in [0.5, 0.6) is 0 Å². The molecule has 2 aliphatic rings. The van der Waals surface area contributed by atoms with Crippen LogP contribution in [0.2, 0.25) is 0 Å². The Bertz CT molecular complexity index is 645. The average Bonchev–Trinajstić information content (AvgIpc) is 3.05. The molecule has 2 amide bonds. The third kappa shape index (κ3) is 4.19. The van der Waals surface area contributed by atoms with Crippen LogP contribution in [0.15, 0.2) is 30.3 Å². The van der Waals surface area contributed by atoms with Gasteiger partial charge in [0.05, 0.1) is 6.04 Å². The number of carbonyl (C=O) groups excluding carboxylic acids is 2. The first-order valence-electron chi connectivity index (χ1n) is 9.63. The van der Waals surface area contributed by atoms with Gasteiger partial charge in [0.1, 0.15) is 5.60 Å². The summed E-state index contributed by atoms with van der Waals surface area (Å²) in [5.74, 6) is -0.0621. The summed E-state index contributed by atoms with van der Waals surface area (Å²) in [7, 11) is 0. The fourth-order valence-electron chi connectivity index (χ4n) is 4.24. The van der Waals surface area contributed by atoms with Gasteiger partial charge in [-0.05, 0) is 57.6 Å². The quantitative estimate of drug-likeness (QED) is 0.870. The van der Waals surface area contributed by atoms with E-state index >= 15 is 0 Å². The molecule has 5 heteroatoms. The van der Waals surface area contributed by atoms with Gasteiger partial charge in [0.25, 0.3) is 5.91 Å². The van der Waals surface area contributed by atoms with Crippen molar-refractivity contribution < 1.29 is 14.3 Å². The van der Waals surface area contributed by atoms with Crippen LogP contribution in [0.1, 0.15) is 63.2 Å². The minimum absolute atomic E-state index is 0.0287. The molecule has 1 aromatic carbocycles. The Balaban J connectivity index is 1.74. The summed E-state index contributed by atoms with van der Waals surface area (Å²) in [5.41, 5.74) is 0.265. The number of hydrogen-bond donors (Lipinski definition) is 1. The van der Waals surface area contributed by atoms with Gasteiger partial charge in [0.2, 0.25) is 0 Å². The molecule has 1 aliphatic carbocycles. The van der Waals surface area contributed by atoms with Gasteiger partial charge < -0.3 is 15.0 Å². The van der Waals surface area contributed by atoms with Crippen molar-refractivity contribution in [2.24, 2.45) is 5.41 Å². The molecule has 2 fully saturated rings. The first-order chi connectivity index (χ1) is 12.3. The van der Waals surface area contributed by atoms with Crippen molar-refractivity contribution >= 4 is 12.0 Å². The molecular formula is C21H30N2O3. The van der Waals surface area contributed by atoms with E-state index in [-0.39, 0.29) is 23.5 Å². The molecule has 1 saturated carbocycles. The number of hydrogen-bond acceptors (Lipinski definition) is 3. The summed E-state index contributed by atoms with van der Waals surface area (Å²) in [4.78, 5) is 27.0. The highest BCUT2D eigenvalue weighted by atomic mass is 16.6. The standard InChI is InChI=1S/C21H30N2O3/c1-20(2,3)26-19(25)23-14-13-21(11-7-8-12-21)17(15-23)22-18(24)16-9-5-4-6-10-16/h4-6,9-10,17H,7-8,11-15H2,1-3H3,(H,22,24). The molecule has 3 rings (SSSR count). The van der Waals surface area contributed by atoms with Gasteiger partial charge in [-0.1, -0.05) is 31.0 Å². The maximum atomic E-state index is 12.7. The monoisotopic (exact) mass is 358 g/mol. The van der Waals surface area contributed by atoms with Crippen LogP contribution >= 0.6 is 0 Å². The zero-order valence-electron chi connectivity index (χ0n) is 16.1. The van der Waals surface area contributed by atoms with Crippen molar-refractivity contribution in [1.29, 1.82) is 0 Å². The second kappa shape index (κ2) is 7.29. The van der Waals surface area contributed by atoms with Gasteiger partial charge in [-0.2, -0.15) is 0 Å².